The molecular formula is C19H20N4O3S. The number of nitrogens with zero attached hydrogens (tertiary/aromatic N) is 2. The zero-order valence-corrected chi connectivity index (χ0v) is 15.5. The zero-order valence-electron chi connectivity index (χ0n) is 14.7. The van der Waals surface area contributed by atoms with Crippen LogP contribution in [0, 0.1) is 0 Å². The lowest BCUT2D eigenvalue weighted by molar-refractivity contribution is -0.122. The van der Waals surface area contributed by atoms with Gasteiger partial charge >= 0.3 is 0 Å². The van der Waals surface area contributed by atoms with Crippen molar-refractivity contribution in [2.24, 2.45) is 0 Å². The maximum atomic E-state index is 12.5. The lowest BCUT2D eigenvalue weighted by atomic mass is 9.92. The van der Waals surface area contributed by atoms with Crippen LogP contribution in [0.3, 0.4) is 0 Å². The van der Waals surface area contributed by atoms with E-state index in [1.165, 1.54) is 5.56 Å². The molecule has 140 valence electrons. The van der Waals surface area contributed by atoms with E-state index < -0.39 is 15.9 Å². The van der Waals surface area contributed by atoms with Crippen LogP contribution in [0.15, 0.2) is 53.7 Å². The maximum Gasteiger partial charge on any atom is 0.257 e. The van der Waals surface area contributed by atoms with Gasteiger partial charge in [-0.05, 0) is 61.1 Å². The summed E-state index contributed by atoms with van der Waals surface area (Å²) in [6.07, 6.45) is 5.63. The zero-order chi connectivity index (χ0) is 18.9. The lowest BCUT2D eigenvalue weighted by Crippen LogP contribution is -2.43. The summed E-state index contributed by atoms with van der Waals surface area (Å²) in [5.74, 6) is -0.473. The summed E-state index contributed by atoms with van der Waals surface area (Å²) >= 11 is 0. The summed E-state index contributed by atoms with van der Waals surface area (Å²) < 4.78 is 26.6. The molecule has 4 rings (SSSR count). The predicted molar refractivity (Wildman–Crippen MR) is 101 cm³/mol. The smallest absolute Gasteiger partial charge is 0.257 e. The Morgan fingerprint density at radius 2 is 1.85 bits per heavy atom. The molecule has 1 heterocycles. The standard InChI is InChI=1S/C19H20N4O3S/c24-19(12-23-13-20-17-7-3-4-8-18(17)23)21-22-27(25,26)16-10-9-14-5-1-2-6-15(14)11-16/h3-4,7-11,13,22H,1-2,5-6,12H2,(H,21,24). The number of carbonyl (C=O) groups excluding carboxylic acids is 1. The number of aryl methyl sites for hydroxylation is 2. The number of benzene rings is 2. The molecule has 1 amide bonds. The fourth-order valence-corrected chi connectivity index (χ4v) is 4.30. The van der Waals surface area contributed by atoms with E-state index in [4.69, 9.17) is 0 Å². The van der Waals surface area contributed by atoms with E-state index in [9.17, 15) is 13.2 Å². The average molecular weight is 384 g/mol. The van der Waals surface area contributed by atoms with Gasteiger partial charge in [0.25, 0.3) is 15.9 Å². The van der Waals surface area contributed by atoms with Crippen molar-refractivity contribution in [2.45, 2.75) is 37.1 Å². The minimum atomic E-state index is -3.82. The first-order valence-electron chi connectivity index (χ1n) is 8.85. The van der Waals surface area contributed by atoms with Crippen molar-refractivity contribution in [1.82, 2.24) is 19.8 Å². The Hall–Kier alpha value is -2.71. The normalized spacial score (nSPS) is 14.1. The molecule has 0 spiro atoms. The molecule has 0 aliphatic heterocycles. The second-order valence-corrected chi connectivity index (χ2v) is 8.33. The van der Waals surface area contributed by atoms with E-state index in [0.29, 0.717) is 0 Å². The van der Waals surface area contributed by atoms with E-state index in [0.717, 1.165) is 42.3 Å². The maximum absolute atomic E-state index is 12.5. The van der Waals surface area contributed by atoms with Gasteiger partial charge < -0.3 is 4.57 Å². The molecule has 0 saturated carbocycles. The first-order chi connectivity index (χ1) is 13.0. The van der Waals surface area contributed by atoms with Gasteiger partial charge in [0.1, 0.15) is 6.54 Å². The molecule has 1 aliphatic carbocycles. The molecule has 3 aromatic rings. The van der Waals surface area contributed by atoms with Gasteiger partial charge in [-0.2, -0.15) is 0 Å². The van der Waals surface area contributed by atoms with Gasteiger partial charge in [0.2, 0.25) is 0 Å². The second kappa shape index (κ2) is 7.13. The second-order valence-electron chi connectivity index (χ2n) is 6.65. The van der Waals surface area contributed by atoms with Crippen molar-refractivity contribution in [3.05, 3.63) is 59.9 Å². The molecule has 7 nitrogen and oxygen atoms in total. The van der Waals surface area contributed by atoms with Crippen molar-refractivity contribution in [3.8, 4) is 0 Å². The number of rotatable bonds is 5. The van der Waals surface area contributed by atoms with Gasteiger partial charge in [-0.25, -0.2) is 13.4 Å². The fourth-order valence-electron chi connectivity index (χ4n) is 3.39. The summed E-state index contributed by atoms with van der Waals surface area (Å²) in [5, 5.41) is 0. The van der Waals surface area contributed by atoms with Crippen molar-refractivity contribution in [2.75, 3.05) is 0 Å². The number of aromatic nitrogens is 2. The Bertz CT molecular complexity index is 1110. The Balaban J connectivity index is 1.43. The molecule has 0 atom stereocenters. The topological polar surface area (TPSA) is 93.1 Å². The quantitative estimate of drug-likeness (QED) is 0.658. The van der Waals surface area contributed by atoms with Crippen LogP contribution in [-0.4, -0.2) is 23.9 Å². The van der Waals surface area contributed by atoms with Crippen molar-refractivity contribution >= 4 is 27.0 Å². The highest BCUT2D eigenvalue weighted by Gasteiger charge is 2.18. The Kier molecular flexibility index (Phi) is 4.67. The highest BCUT2D eigenvalue weighted by atomic mass is 32.2. The molecule has 0 bridgehead atoms. The molecule has 0 fully saturated rings. The van der Waals surface area contributed by atoms with Gasteiger partial charge in [-0.3, -0.25) is 10.2 Å². The highest BCUT2D eigenvalue weighted by molar-refractivity contribution is 7.89. The number of hydrogen-bond donors (Lipinski definition) is 2. The van der Waals surface area contributed by atoms with Crippen LogP contribution in [0.4, 0.5) is 0 Å². The molecule has 0 unspecified atom stereocenters. The lowest BCUT2D eigenvalue weighted by Gasteiger charge is -2.17. The number of imidazole rings is 1. The third-order valence-electron chi connectivity index (χ3n) is 4.80. The summed E-state index contributed by atoms with van der Waals surface area (Å²) in [5.41, 5.74) is 6.14. The first-order valence-corrected chi connectivity index (χ1v) is 10.3. The SMILES string of the molecule is O=C(Cn1cnc2ccccc21)NNS(=O)(=O)c1ccc2c(c1)CCCC2. The number of nitrogens with one attached hydrogen (secondary N) is 2. The molecule has 0 radical (unpaired) electrons. The van der Waals surface area contributed by atoms with Crippen LogP contribution in [0.5, 0.6) is 0 Å². The van der Waals surface area contributed by atoms with Crippen LogP contribution in [0.25, 0.3) is 11.0 Å². The fraction of sp³-hybridized carbons (Fsp3) is 0.263. The minimum absolute atomic E-state index is 0.0345. The summed E-state index contributed by atoms with van der Waals surface area (Å²) in [6.45, 7) is -0.0345. The Morgan fingerprint density at radius 1 is 1.07 bits per heavy atom. The number of sulfonamides is 1. The van der Waals surface area contributed by atoms with E-state index in [-0.39, 0.29) is 11.4 Å². The molecule has 1 aromatic heterocycles. The summed E-state index contributed by atoms with van der Waals surface area (Å²) in [7, 11) is -3.82. The van der Waals surface area contributed by atoms with Gasteiger partial charge in [0.15, 0.2) is 0 Å². The molecule has 27 heavy (non-hydrogen) atoms. The van der Waals surface area contributed by atoms with Crippen molar-refractivity contribution in [1.29, 1.82) is 0 Å². The Morgan fingerprint density at radius 3 is 2.70 bits per heavy atom. The first kappa shape index (κ1) is 17.7. The van der Waals surface area contributed by atoms with E-state index in [1.54, 1.807) is 23.0 Å². The number of para-hydroxylation sites is 2. The molecule has 0 saturated heterocycles. The van der Waals surface area contributed by atoms with Gasteiger partial charge in [0.05, 0.1) is 22.3 Å². The average Bonchev–Trinajstić information content (AvgIpc) is 3.09. The number of carbonyl (C=O) groups is 1. The van der Waals surface area contributed by atoms with Crippen LogP contribution in [0.2, 0.25) is 0 Å². The van der Waals surface area contributed by atoms with Gasteiger partial charge in [0, 0.05) is 0 Å². The summed E-state index contributed by atoms with van der Waals surface area (Å²) in [4.78, 5) is 18.7. The molecule has 1 aliphatic rings. The van der Waals surface area contributed by atoms with Crippen molar-refractivity contribution in [3.63, 3.8) is 0 Å². The third-order valence-corrected chi connectivity index (χ3v) is 6.04. The van der Waals surface area contributed by atoms with E-state index in [1.807, 2.05) is 30.3 Å². The predicted octanol–water partition coefficient (Wildman–Crippen LogP) is 1.92. The summed E-state index contributed by atoms with van der Waals surface area (Å²) in [6, 6.07) is 12.6. The largest absolute Gasteiger partial charge is 0.321 e. The minimum Gasteiger partial charge on any atom is -0.321 e. The number of fused-ring (bicyclic) bond motifs is 2. The molecule has 2 aromatic carbocycles. The van der Waals surface area contributed by atoms with E-state index >= 15 is 0 Å². The monoisotopic (exact) mass is 384 g/mol. The van der Waals surface area contributed by atoms with Gasteiger partial charge in [-0.15, -0.1) is 4.83 Å². The Labute approximate surface area is 157 Å². The highest BCUT2D eigenvalue weighted by Crippen LogP contribution is 2.23. The van der Waals surface area contributed by atoms with Gasteiger partial charge in [-0.1, -0.05) is 18.2 Å². The van der Waals surface area contributed by atoms with E-state index in [2.05, 4.69) is 15.2 Å². The van der Waals surface area contributed by atoms with Crippen LogP contribution < -0.4 is 10.3 Å². The van der Waals surface area contributed by atoms with Crippen molar-refractivity contribution < 1.29 is 13.2 Å². The van der Waals surface area contributed by atoms with Crippen LogP contribution in [0.1, 0.15) is 24.0 Å². The molecular weight excluding hydrogens is 364 g/mol. The molecule has 8 heteroatoms. The number of hydrazine groups is 1. The molecule has 2 N–H and O–H groups in total. The van der Waals surface area contributed by atoms with Crippen LogP contribution >= 0.6 is 0 Å². The number of hydrogen-bond acceptors (Lipinski definition) is 4. The third kappa shape index (κ3) is 3.72. The number of amides is 1. The van der Waals surface area contributed by atoms with Crippen LogP contribution in [-0.2, 0) is 34.2 Å².